The SMILES string of the molecule is N#Cc1ccnc(N(C(=O)C(F)(F)F)c2ccc(-c3nn(C4CCCNC4)c4ncnc(N)c34)cc2)c1. The van der Waals surface area contributed by atoms with Gasteiger partial charge in [0, 0.05) is 18.3 Å². The minimum atomic E-state index is -5.17. The second-order valence-corrected chi connectivity index (χ2v) is 8.45. The number of nitriles is 1. The lowest BCUT2D eigenvalue weighted by Gasteiger charge is -2.23. The molecule has 3 N–H and O–H groups in total. The number of pyridine rings is 1. The van der Waals surface area contributed by atoms with E-state index in [4.69, 9.17) is 16.1 Å². The summed E-state index contributed by atoms with van der Waals surface area (Å²) in [7, 11) is 0. The van der Waals surface area contributed by atoms with Crippen molar-refractivity contribution in [1.82, 2.24) is 30.0 Å². The Morgan fingerprint density at radius 3 is 2.65 bits per heavy atom. The molecule has 5 rings (SSSR count). The molecular formula is C24H20F3N9O. The number of halogens is 3. The van der Waals surface area contributed by atoms with Crippen molar-refractivity contribution in [2.45, 2.75) is 25.1 Å². The molecule has 0 bridgehead atoms. The summed E-state index contributed by atoms with van der Waals surface area (Å²) in [6.07, 6.45) is -0.767. The average Bonchev–Trinajstić information content (AvgIpc) is 3.30. The van der Waals surface area contributed by atoms with Crippen LogP contribution in [0.2, 0.25) is 0 Å². The Bertz CT molecular complexity index is 1500. The first-order valence-corrected chi connectivity index (χ1v) is 11.3. The molecule has 1 aliphatic heterocycles. The van der Waals surface area contributed by atoms with Crippen molar-refractivity contribution in [3.8, 4) is 17.3 Å². The molecule has 1 atom stereocenters. The Kier molecular flexibility index (Phi) is 6.18. The van der Waals surface area contributed by atoms with Crippen LogP contribution in [-0.2, 0) is 4.79 Å². The summed E-state index contributed by atoms with van der Waals surface area (Å²) in [5.74, 6) is -2.24. The van der Waals surface area contributed by atoms with Gasteiger partial charge in [0.15, 0.2) is 5.65 Å². The Morgan fingerprint density at radius 1 is 1.19 bits per heavy atom. The second kappa shape index (κ2) is 9.47. The van der Waals surface area contributed by atoms with Gasteiger partial charge in [0.25, 0.3) is 0 Å². The first-order chi connectivity index (χ1) is 17.8. The van der Waals surface area contributed by atoms with E-state index in [2.05, 4.69) is 20.3 Å². The van der Waals surface area contributed by atoms with E-state index in [0.717, 1.165) is 25.5 Å². The standard InChI is InChI=1S/C24H20F3N9O/c25-24(26,27)23(37)35(18-10-14(11-28)7-9-31-18)16-5-3-15(4-6-16)20-19-21(29)32-13-33-22(19)36(34-20)17-2-1-8-30-12-17/h3-7,9-10,13,17,30H,1-2,8,12H2,(H2,29,32,33). The van der Waals surface area contributed by atoms with Gasteiger partial charge < -0.3 is 11.1 Å². The van der Waals surface area contributed by atoms with Gasteiger partial charge >= 0.3 is 12.1 Å². The first-order valence-electron chi connectivity index (χ1n) is 11.3. The van der Waals surface area contributed by atoms with Crippen LogP contribution in [0.5, 0.6) is 0 Å². The molecule has 0 saturated carbocycles. The number of amides is 1. The molecule has 1 fully saturated rings. The Hall–Kier alpha value is -4.57. The van der Waals surface area contributed by atoms with E-state index in [0.29, 0.717) is 33.7 Å². The van der Waals surface area contributed by atoms with Crippen molar-refractivity contribution in [2.24, 2.45) is 0 Å². The van der Waals surface area contributed by atoms with Gasteiger partial charge in [0.1, 0.15) is 23.7 Å². The number of hydrogen-bond acceptors (Lipinski definition) is 8. The van der Waals surface area contributed by atoms with Crippen LogP contribution in [0.15, 0.2) is 48.9 Å². The molecule has 3 aromatic heterocycles. The van der Waals surface area contributed by atoms with Crippen LogP contribution in [0.3, 0.4) is 0 Å². The van der Waals surface area contributed by atoms with Gasteiger partial charge in [-0.25, -0.2) is 19.6 Å². The van der Waals surface area contributed by atoms with Gasteiger partial charge in [-0.3, -0.25) is 9.69 Å². The maximum absolute atomic E-state index is 13.5. The van der Waals surface area contributed by atoms with E-state index in [1.807, 2.05) is 6.07 Å². The fraction of sp³-hybridized carbons (Fsp3) is 0.250. The highest BCUT2D eigenvalue weighted by Crippen LogP contribution is 2.35. The summed E-state index contributed by atoms with van der Waals surface area (Å²) in [6, 6.07) is 10.1. The molecule has 1 saturated heterocycles. The van der Waals surface area contributed by atoms with Gasteiger partial charge in [-0.05, 0) is 43.7 Å². The van der Waals surface area contributed by atoms with E-state index in [-0.39, 0.29) is 28.9 Å². The number of fused-ring (bicyclic) bond motifs is 1. The number of nitrogens with two attached hydrogens (primary N) is 1. The number of piperidine rings is 1. The average molecular weight is 507 g/mol. The molecule has 13 heteroatoms. The maximum Gasteiger partial charge on any atom is 0.472 e. The summed E-state index contributed by atoms with van der Waals surface area (Å²) < 4.78 is 42.2. The smallest absolute Gasteiger partial charge is 0.383 e. The minimum Gasteiger partial charge on any atom is -0.383 e. The zero-order valence-electron chi connectivity index (χ0n) is 19.3. The first kappa shape index (κ1) is 24.1. The molecule has 1 aliphatic rings. The highest BCUT2D eigenvalue weighted by Gasteiger charge is 2.44. The number of aromatic nitrogens is 5. The molecule has 4 heterocycles. The number of carbonyl (C=O) groups excluding carboxylic acids is 1. The van der Waals surface area contributed by atoms with Crippen molar-refractivity contribution in [3.63, 3.8) is 0 Å². The van der Waals surface area contributed by atoms with Crippen LogP contribution >= 0.6 is 0 Å². The monoisotopic (exact) mass is 507 g/mol. The largest absolute Gasteiger partial charge is 0.472 e. The van der Waals surface area contributed by atoms with Crippen molar-refractivity contribution in [3.05, 3.63) is 54.5 Å². The number of nitrogens with one attached hydrogen (secondary N) is 1. The Balaban J connectivity index is 1.59. The molecule has 10 nitrogen and oxygen atoms in total. The third-order valence-corrected chi connectivity index (χ3v) is 6.08. The number of nitrogens with zero attached hydrogens (tertiary/aromatic N) is 7. The van der Waals surface area contributed by atoms with Crippen molar-refractivity contribution < 1.29 is 18.0 Å². The number of hydrogen-bond donors (Lipinski definition) is 2. The lowest BCUT2D eigenvalue weighted by Crippen LogP contribution is -2.38. The molecule has 0 spiro atoms. The topological polar surface area (TPSA) is 139 Å². The molecule has 4 aromatic rings. The van der Waals surface area contributed by atoms with Crippen LogP contribution in [-0.4, -0.2) is 49.9 Å². The molecular weight excluding hydrogens is 487 g/mol. The van der Waals surface area contributed by atoms with Gasteiger partial charge in [-0.15, -0.1) is 0 Å². The molecule has 1 unspecified atom stereocenters. The van der Waals surface area contributed by atoms with Crippen molar-refractivity contribution >= 4 is 34.3 Å². The molecule has 0 radical (unpaired) electrons. The quantitative estimate of drug-likeness (QED) is 0.428. The zero-order valence-corrected chi connectivity index (χ0v) is 19.3. The highest BCUT2D eigenvalue weighted by molar-refractivity contribution is 6.03. The van der Waals surface area contributed by atoms with Crippen molar-refractivity contribution in [2.75, 3.05) is 23.7 Å². The van der Waals surface area contributed by atoms with Gasteiger partial charge in [-0.1, -0.05) is 12.1 Å². The lowest BCUT2D eigenvalue weighted by molar-refractivity contribution is -0.169. The van der Waals surface area contributed by atoms with Gasteiger partial charge in [0.2, 0.25) is 0 Å². The van der Waals surface area contributed by atoms with E-state index < -0.39 is 12.1 Å². The summed E-state index contributed by atoms with van der Waals surface area (Å²) in [5, 5.41) is 17.8. The fourth-order valence-corrected chi connectivity index (χ4v) is 4.35. The summed E-state index contributed by atoms with van der Waals surface area (Å²) in [4.78, 5) is 25.1. The predicted molar refractivity (Wildman–Crippen MR) is 128 cm³/mol. The maximum atomic E-state index is 13.5. The highest BCUT2D eigenvalue weighted by atomic mass is 19.4. The number of benzene rings is 1. The molecule has 188 valence electrons. The van der Waals surface area contributed by atoms with E-state index in [1.54, 1.807) is 4.68 Å². The molecule has 37 heavy (non-hydrogen) atoms. The van der Waals surface area contributed by atoms with Crippen LogP contribution in [0.1, 0.15) is 24.4 Å². The lowest BCUT2D eigenvalue weighted by atomic mass is 10.1. The van der Waals surface area contributed by atoms with E-state index >= 15 is 0 Å². The molecule has 0 aliphatic carbocycles. The van der Waals surface area contributed by atoms with Crippen LogP contribution < -0.4 is 16.0 Å². The fourth-order valence-electron chi connectivity index (χ4n) is 4.35. The number of rotatable bonds is 4. The van der Waals surface area contributed by atoms with Crippen molar-refractivity contribution in [1.29, 1.82) is 5.26 Å². The van der Waals surface area contributed by atoms with E-state index in [9.17, 15) is 18.0 Å². The normalized spacial score (nSPS) is 15.9. The summed E-state index contributed by atoms with van der Waals surface area (Å²) >= 11 is 0. The van der Waals surface area contributed by atoms with Gasteiger partial charge in [-0.2, -0.15) is 23.5 Å². The number of anilines is 3. The van der Waals surface area contributed by atoms with Crippen LogP contribution in [0.4, 0.5) is 30.5 Å². The van der Waals surface area contributed by atoms with E-state index in [1.165, 1.54) is 42.9 Å². The second-order valence-electron chi connectivity index (χ2n) is 8.45. The minimum absolute atomic E-state index is 0.0527. The Labute approximate surface area is 208 Å². The third kappa shape index (κ3) is 4.54. The summed E-state index contributed by atoms with van der Waals surface area (Å²) in [6.45, 7) is 1.63. The third-order valence-electron chi connectivity index (χ3n) is 6.08. The van der Waals surface area contributed by atoms with Gasteiger partial charge in [0.05, 0.1) is 28.7 Å². The predicted octanol–water partition coefficient (Wildman–Crippen LogP) is 3.49. The number of carbonyl (C=O) groups is 1. The number of nitrogen functional groups attached to an aromatic ring is 1. The molecule has 1 aromatic carbocycles. The zero-order chi connectivity index (χ0) is 26.2. The summed E-state index contributed by atoms with van der Waals surface area (Å²) in [5.41, 5.74) is 7.74. The van der Waals surface area contributed by atoms with Crippen LogP contribution in [0, 0.1) is 11.3 Å². The number of alkyl halides is 3. The molecule has 1 amide bonds. The Morgan fingerprint density at radius 2 is 1.97 bits per heavy atom. The van der Waals surface area contributed by atoms with Crippen LogP contribution in [0.25, 0.3) is 22.3 Å².